The fourth-order valence-corrected chi connectivity index (χ4v) is 2.51. The van der Waals surface area contributed by atoms with Crippen LogP contribution in [0.25, 0.3) is 22.5 Å². The van der Waals surface area contributed by atoms with E-state index in [-0.39, 0.29) is 5.56 Å². The zero-order chi connectivity index (χ0) is 14.9. The van der Waals surface area contributed by atoms with Gasteiger partial charge in [0.1, 0.15) is 11.4 Å². The summed E-state index contributed by atoms with van der Waals surface area (Å²) in [5, 5.41) is 8.83. The molecule has 3 heterocycles. The Balaban J connectivity index is 2.12. The first-order valence-corrected chi connectivity index (χ1v) is 6.92. The molecule has 0 atom stereocenters. The summed E-state index contributed by atoms with van der Waals surface area (Å²) in [5.74, 6) is 0. The average Bonchev–Trinajstić information content (AvgIpc) is 2.95. The fraction of sp³-hybridized carbons (Fsp3) is 0. The van der Waals surface area contributed by atoms with Crippen molar-refractivity contribution in [2.45, 2.75) is 0 Å². The minimum absolute atomic E-state index is 0.182. The van der Waals surface area contributed by atoms with E-state index in [0.717, 1.165) is 16.8 Å². The van der Waals surface area contributed by atoms with E-state index in [1.165, 1.54) is 10.7 Å². The molecular formula is C17H12N4O. The molecule has 4 aromatic rings. The molecule has 0 aliphatic heterocycles. The Bertz CT molecular complexity index is 1000. The van der Waals surface area contributed by atoms with E-state index in [0.29, 0.717) is 5.69 Å². The Morgan fingerprint density at radius 1 is 0.864 bits per heavy atom. The van der Waals surface area contributed by atoms with Crippen molar-refractivity contribution in [1.29, 1.82) is 0 Å². The largest absolute Gasteiger partial charge is 0.271 e. The molecule has 3 aromatic heterocycles. The molecule has 0 unspecified atom stereocenters. The van der Waals surface area contributed by atoms with Gasteiger partial charge in [-0.15, -0.1) is 0 Å². The first-order chi connectivity index (χ1) is 10.8. The lowest BCUT2D eigenvalue weighted by molar-refractivity contribution is 0.813. The van der Waals surface area contributed by atoms with Crippen molar-refractivity contribution in [3.05, 3.63) is 83.4 Å². The lowest BCUT2D eigenvalue weighted by atomic mass is 10.1. The number of rotatable bonds is 2. The summed E-state index contributed by atoms with van der Waals surface area (Å²) in [6.45, 7) is 0. The highest BCUT2D eigenvalue weighted by Crippen LogP contribution is 2.27. The minimum Gasteiger partial charge on any atom is -0.267 e. The molecule has 0 spiro atoms. The maximum atomic E-state index is 12.2. The smallest absolute Gasteiger partial charge is 0.267 e. The Morgan fingerprint density at radius 3 is 2.50 bits per heavy atom. The van der Waals surface area contributed by atoms with Crippen LogP contribution in [-0.4, -0.2) is 19.4 Å². The number of nitrogens with zero attached hydrogens (tertiary/aromatic N) is 4. The van der Waals surface area contributed by atoms with Gasteiger partial charge in [0.15, 0.2) is 0 Å². The van der Waals surface area contributed by atoms with Gasteiger partial charge in [0, 0.05) is 24.0 Å². The molecule has 1 aromatic carbocycles. The fourth-order valence-electron chi connectivity index (χ4n) is 2.51. The van der Waals surface area contributed by atoms with Crippen LogP contribution in [0.2, 0.25) is 0 Å². The molecule has 0 fully saturated rings. The molecular weight excluding hydrogens is 276 g/mol. The summed E-state index contributed by atoms with van der Waals surface area (Å²) in [7, 11) is 0. The highest BCUT2D eigenvalue weighted by atomic mass is 16.1. The van der Waals surface area contributed by atoms with Crippen LogP contribution in [0.4, 0.5) is 0 Å². The first kappa shape index (κ1) is 12.5. The zero-order valence-corrected chi connectivity index (χ0v) is 11.6. The summed E-state index contributed by atoms with van der Waals surface area (Å²) < 4.78 is 3.16. The third-order valence-electron chi connectivity index (χ3n) is 3.49. The van der Waals surface area contributed by atoms with Crippen LogP contribution in [0.1, 0.15) is 0 Å². The van der Waals surface area contributed by atoms with Crippen molar-refractivity contribution >= 4 is 5.52 Å². The number of hydrogen-bond donors (Lipinski definition) is 0. The van der Waals surface area contributed by atoms with E-state index in [4.69, 9.17) is 0 Å². The second-order valence-electron chi connectivity index (χ2n) is 4.87. The SMILES string of the molecule is O=c1cccnn1-c1c(-c2ccccc2)nn2ccccc12. The van der Waals surface area contributed by atoms with Crippen molar-refractivity contribution in [2.24, 2.45) is 0 Å². The minimum atomic E-state index is -0.182. The number of aromatic nitrogens is 4. The van der Waals surface area contributed by atoms with Gasteiger partial charge in [-0.05, 0) is 18.2 Å². The van der Waals surface area contributed by atoms with Crippen LogP contribution in [0, 0.1) is 0 Å². The Hall–Kier alpha value is -3.21. The predicted molar refractivity (Wildman–Crippen MR) is 84.0 cm³/mol. The molecule has 0 aliphatic rings. The topological polar surface area (TPSA) is 52.2 Å². The van der Waals surface area contributed by atoms with Gasteiger partial charge < -0.3 is 0 Å². The quantitative estimate of drug-likeness (QED) is 0.569. The highest BCUT2D eigenvalue weighted by molar-refractivity contribution is 5.80. The van der Waals surface area contributed by atoms with Gasteiger partial charge in [-0.1, -0.05) is 36.4 Å². The summed E-state index contributed by atoms with van der Waals surface area (Å²) in [6.07, 6.45) is 3.46. The predicted octanol–water partition coefficient (Wildman–Crippen LogP) is 2.55. The van der Waals surface area contributed by atoms with Gasteiger partial charge in [-0.3, -0.25) is 4.79 Å². The number of benzene rings is 1. The molecule has 0 N–H and O–H groups in total. The van der Waals surface area contributed by atoms with Crippen LogP contribution in [0.5, 0.6) is 0 Å². The molecule has 106 valence electrons. The van der Waals surface area contributed by atoms with Crippen LogP contribution >= 0.6 is 0 Å². The van der Waals surface area contributed by atoms with E-state index in [1.807, 2.05) is 54.7 Å². The van der Waals surface area contributed by atoms with Gasteiger partial charge in [0.2, 0.25) is 0 Å². The van der Waals surface area contributed by atoms with Crippen molar-refractivity contribution in [2.75, 3.05) is 0 Å². The number of pyridine rings is 1. The maximum absolute atomic E-state index is 12.2. The first-order valence-electron chi connectivity index (χ1n) is 6.92. The second-order valence-corrected chi connectivity index (χ2v) is 4.87. The molecule has 0 saturated carbocycles. The Morgan fingerprint density at radius 2 is 1.68 bits per heavy atom. The standard InChI is InChI=1S/C17H12N4O/c22-15-10-6-11-18-21(15)17-14-9-4-5-12-20(14)19-16(17)13-7-2-1-3-8-13/h1-12H. The number of fused-ring (bicyclic) bond motifs is 1. The van der Waals surface area contributed by atoms with E-state index < -0.39 is 0 Å². The molecule has 4 rings (SSSR count). The van der Waals surface area contributed by atoms with Crippen molar-refractivity contribution in [3.8, 4) is 16.9 Å². The van der Waals surface area contributed by atoms with Crippen LogP contribution in [-0.2, 0) is 0 Å². The summed E-state index contributed by atoms with van der Waals surface area (Å²) >= 11 is 0. The van der Waals surface area contributed by atoms with Crippen molar-refractivity contribution < 1.29 is 0 Å². The van der Waals surface area contributed by atoms with Gasteiger partial charge in [-0.25, -0.2) is 4.52 Å². The summed E-state index contributed by atoms with van der Waals surface area (Å²) in [6, 6.07) is 18.7. The summed E-state index contributed by atoms with van der Waals surface area (Å²) in [5.41, 5.74) is 3.02. The van der Waals surface area contributed by atoms with E-state index >= 15 is 0 Å². The molecule has 0 saturated heterocycles. The molecule has 5 heteroatoms. The zero-order valence-electron chi connectivity index (χ0n) is 11.6. The second kappa shape index (κ2) is 4.96. The highest BCUT2D eigenvalue weighted by Gasteiger charge is 2.17. The normalized spacial score (nSPS) is 10.9. The summed E-state index contributed by atoms with van der Waals surface area (Å²) in [4.78, 5) is 12.2. The van der Waals surface area contributed by atoms with Crippen LogP contribution in [0.15, 0.2) is 77.9 Å². The lowest BCUT2D eigenvalue weighted by Crippen LogP contribution is -2.19. The Kier molecular flexibility index (Phi) is 2.83. The average molecular weight is 288 g/mol. The molecule has 5 nitrogen and oxygen atoms in total. The molecule has 0 amide bonds. The Labute approximate surface area is 126 Å². The van der Waals surface area contributed by atoms with Gasteiger partial charge in [-0.2, -0.15) is 14.9 Å². The molecule has 0 bridgehead atoms. The van der Waals surface area contributed by atoms with Crippen LogP contribution in [0.3, 0.4) is 0 Å². The maximum Gasteiger partial charge on any atom is 0.271 e. The molecule has 0 aliphatic carbocycles. The van der Waals surface area contributed by atoms with Crippen LogP contribution < -0.4 is 5.56 Å². The van der Waals surface area contributed by atoms with Crippen molar-refractivity contribution in [3.63, 3.8) is 0 Å². The van der Waals surface area contributed by atoms with Gasteiger partial charge in [0.05, 0.1) is 5.52 Å². The monoisotopic (exact) mass is 288 g/mol. The number of hydrogen-bond acceptors (Lipinski definition) is 3. The van der Waals surface area contributed by atoms with Gasteiger partial charge in [0.25, 0.3) is 5.56 Å². The lowest BCUT2D eigenvalue weighted by Gasteiger charge is -2.04. The van der Waals surface area contributed by atoms with Crippen molar-refractivity contribution in [1.82, 2.24) is 19.4 Å². The molecule has 22 heavy (non-hydrogen) atoms. The molecule has 0 radical (unpaired) electrons. The van der Waals surface area contributed by atoms with E-state index in [2.05, 4.69) is 10.2 Å². The third kappa shape index (κ3) is 1.91. The van der Waals surface area contributed by atoms with E-state index in [1.54, 1.807) is 16.8 Å². The van der Waals surface area contributed by atoms with E-state index in [9.17, 15) is 4.79 Å². The van der Waals surface area contributed by atoms with Gasteiger partial charge >= 0.3 is 0 Å². The third-order valence-corrected chi connectivity index (χ3v) is 3.49.